The average Bonchev–Trinajstić information content (AvgIpc) is 2.40. The molecule has 2 N–H and O–H groups in total. The molecular weight excluding hydrogens is 234 g/mol. The highest BCUT2D eigenvalue weighted by Crippen LogP contribution is 2.25. The fourth-order valence-electron chi connectivity index (χ4n) is 1.88. The van der Waals surface area contributed by atoms with Crippen LogP contribution in [0.15, 0.2) is 24.3 Å². The second-order valence-electron chi connectivity index (χ2n) is 4.05. The largest absolute Gasteiger partial charge is 0.490 e. The summed E-state index contributed by atoms with van der Waals surface area (Å²) in [6.45, 7) is 0.0287. The monoisotopic (exact) mass is 251 g/mol. The molecule has 0 spiro atoms. The van der Waals surface area contributed by atoms with E-state index < -0.39 is 0 Å². The van der Waals surface area contributed by atoms with Crippen LogP contribution in [0, 0.1) is 0 Å². The molecule has 1 aliphatic heterocycles. The van der Waals surface area contributed by atoms with Crippen molar-refractivity contribution in [2.24, 2.45) is 5.73 Å². The van der Waals surface area contributed by atoms with E-state index in [2.05, 4.69) is 0 Å². The van der Waals surface area contributed by atoms with Gasteiger partial charge in [0, 0.05) is 0 Å². The van der Waals surface area contributed by atoms with Crippen molar-refractivity contribution in [3.05, 3.63) is 29.8 Å². The van der Waals surface area contributed by atoms with Crippen molar-refractivity contribution in [2.45, 2.75) is 18.9 Å². The first kappa shape index (κ1) is 12.5. The lowest BCUT2D eigenvalue weighted by molar-refractivity contribution is 0.0993. The Kier molecular flexibility index (Phi) is 4.45. The van der Waals surface area contributed by atoms with E-state index in [0.29, 0.717) is 11.3 Å². The minimum atomic E-state index is -0.0641. The molecule has 3 nitrogen and oxygen atoms in total. The Morgan fingerprint density at radius 2 is 2.06 bits per heavy atom. The molecule has 1 aliphatic rings. The third-order valence-electron chi connectivity index (χ3n) is 2.83. The van der Waals surface area contributed by atoms with Gasteiger partial charge in [-0.05, 0) is 36.5 Å². The molecule has 1 saturated heterocycles. The summed E-state index contributed by atoms with van der Waals surface area (Å²) >= 11 is 1.96. The molecule has 0 aromatic heterocycles. The molecule has 2 rings (SSSR count). The first-order valence-electron chi connectivity index (χ1n) is 5.88. The minimum Gasteiger partial charge on any atom is -0.490 e. The molecule has 1 aromatic carbocycles. The van der Waals surface area contributed by atoms with Gasteiger partial charge in [0.05, 0.1) is 12.1 Å². The Labute approximate surface area is 106 Å². The van der Waals surface area contributed by atoms with Crippen LogP contribution in [0.2, 0.25) is 0 Å². The number of carbonyl (C=O) groups is 1. The molecule has 17 heavy (non-hydrogen) atoms. The Bertz CT molecular complexity index is 389. The van der Waals surface area contributed by atoms with Crippen LogP contribution < -0.4 is 10.5 Å². The van der Waals surface area contributed by atoms with E-state index in [0.717, 1.165) is 24.3 Å². The van der Waals surface area contributed by atoms with Crippen molar-refractivity contribution in [1.29, 1.82) is 0 Å². The van der Waals surface area contributed by atoms with Crippen molar-refractivity contribution in [1.82, 2.24) is 0 Å². The van der Waals surface area contributed by atoms with Crippen LogP contribution in [0.25, 0.3) is 0 Å². The number of para-hydroxylation sites is 1. The highest BCUT2D eigenvalue weighted by Gasteiger charge is 2.18. The predicted molar refractivity (Wildman–Crippen MR) is 70.8 cm³/mol. The molecular formula is C13H17NO2S. The van der Waals surface area contributed by atoms with Gasteiger partial charge in [-0.25, -0.2) is 0 Å². The van der Waals surface area contributed by atoms with Crippen LogP contribution in [0.3, 0.4) is 0 Å². The van der Waals surface area contributed by atoms with Crippen molar-refractivity contribution in [3.63, 3.8) is 0 Å². The third kappa shape index (κ3) is 3.23. The molecule has 4 heteroatoms. The number of hydrogen-bond donors (Lipinski definition) is 1. The smallest absolute Gasteiger partial charge is 0.180 e. The summed E-state index contributed by atoms with van der Waals surface area (Å²) in [5, 5.41) is 0. The van der Waals surface area contributed by atoms with E-state index in [1.807, 2.05) is 30.0 Å². The van der Waals surface area contributed by atoms with Gasteiger partial charge in [-0.15, -0.1) is 0 Å². The quantitative estimate of drug-likeness (QED) is 0.833. The molecule has 0 aliphatic carbocycles. The number of hydrogen-bond acceptors (Lipinski definition) is 4. The van der Waals surface area contributed by atoms with Gasteiger partial charge in [-0.2, -0.15) is 11.8 Å². The molecule has 1 fully saturated rings. The fraction of sp³-hybridized carbons (Fsp3) is 0.462. The van der Waals surface area contributed by atoms with Gasteiger partial charge in [-0.1, -0.05) is 12.1 Å². The van der Waals surface area contributed by atoms with Crippen LogP contribution in [-0.4, -0.2) is 29.9 Å². The molecule has 1 heterocycles. The number of Topliss-reactive ketones (excluding diaryl/α,β-unsaturated/α-hetero) is 1. The SMILES string of the molecule is NCC(=O)c1ccccc1OC1CCSCC1. The van der Waals surface area contributed by atoms with Crippen LogP contribution in [0.5, 0.6) is 5.75 Å². The van der Waals surface area contributed by atoms with E-state index in [9.17, 15) is 4.79 Å². The van der Waals surface area contributed by atoms with E-state index >= 15 is 0 Å². The molecule has 1 aromatic rings. The third-order valence-corrected chi connectivity index (χ3v) is 3.88. The zero-order valence-electron chi connectivity index (χ0n) is 9.72. The molecule has 0 bridgehead atoms. The molecule has 0 unspecified atom stereocenters. The molecule has 0 amide bonds. The first-order valence-corrected chi connectivity index (χ1v) is 7.03. The van der Waals surface area contributed by atoms with Crippen LogP contribution >= 0.6 is 11.8 Å². The topological polar surface area (TPSA) is 52.3 Å². The van der Waals surface area contributed by atoms with Crippen molar-refractivity contribution >= 4 is 17.5 Å². The van der Waals surface area contributed by atoms with Gasteiger partial charge in [0.15, 0.2) is 5.78 Å². The normalized spacial score (nSPS) is 16.8. The maximum atomic E-state index is 11.7. The second kappa shape index (κ2) is 6.07. The van der Waals surface area contributed by atoms with E-state index in [-0.39, 0.29) is 18.4 Å². The van der Waals surface area contributed by atoms with Gasteiger partial charge < -0.3 is 10.5 Å². The zero-order valence-corrected chi connectivity index (χ0v) is 10.5. The highest BCUT2D eigenvalue weighted by molar-refractivity contribution is 7.99. The van der Waals surface area contributed by atoms with Gasteiger partial charge >= 0.3 is 0 Å². The lowest BCUT2D eigenvalue weighted by Crippen LogP contribution is -2.23. The lowest BCUT2D eigenvalue weighted by Gasteiger charge is -2.23. The Hall–Kier alpha value is -1.000. The molecule has 92 valence electrons. The average molecular weight is 251 g/mol. The Morgan fingerprint density at radius 3 is 2.76 bits per heavy atom. The van der Waals surface area contributed by atoms with Crippen LogP contribution in [0.4, 0.5) is 0 Å². The summed E-state index contributed by atoms with van der Waals surface area (Å²) in [6.07, 6.45) is 2.34. The maximum absolute atomic E-state index is 11.7. The summed E-state index contributed by atoms with van der Waals surface area (Å²) in [7, 11) is 0. The number of benzene rings is 1. The summed E-state index contributed by atoms with van der Waals surface area (Å²) in [5.41, 5.74) is 6.00. The zero-order chi connectivity index (χ0) is 12.1. The number of ketones is 1. The van der Waals surface area contributed by atoms with Gasteiger partial charge in [0.2, 0.25) is 0 Å². The second-order valence-corrected chi connectivity index (χ2v) is 5.28. The Balaban J connectivity index is 2.11. The van der Waals surface area contributed by atoms with Gasteiger partial charge in [0.25, 0.3) is 0 Å². The van der Waals surface area contributed by atoms with E-state index in [1.165, 1.54) is 0 Å². The maximum Gasteiger partial charge on any atom is 0.180 e. The molecule has 0 radical (unpaired) electrons. The predicted octanol–water partition coefficient (Wildman–Crippen LogP) is 2.10. The van der Waals surface area contributed by atoms with Gasteiger partial charge in [0.1, 0.15) is 11.9 Å². The molecule has 0 saturated carbocycles. The Morgan fingerprint density at radius 1 is 1.35 bits per heavy atom. The van der Waals surface area contributed by atoms with Crippen molar-refractivity contribution in [2.75, 3.05) is 18.1 Å². The van der Waals surface area contributed by atoms with Crippen LogP contribution in [0.1, 0.15) is 23.2 Å². The number of nitrogens with two attached hydrogens (primary N) is 1. The van der Waals surface area contributed by atoms with Crippen LogP contribution in [-0.2, 0) is 0 Å². The fourth-order valence-corrected chi connectivity index (χ4v) is 2.95. The van der Waals surface area contributed by atoms with Crippen molar-refractivity contribution in [3.8, 4) is 5.75 Å². The van der Waals surface area contributed by atoms with Gasteiger partial charge in [-0.3, -0.25) is 4.79 Å². The standard InChI is InChI=1S/C13H17NO2S/c14-9-12(15)11-3-1-2-4-13(11)16-10-5-7-17-8-6-10/h1-4,10H,5-9,14H2. The number of ether oxygens (including phenoxy) is 1. The summed E-state index contributed by atoms with van der Waals surface area (Å²) in [4.78, 5) is 11.7. The number of rotatable bonds is 4. The minimum absolute atomic E-state index is 0.0287. The first-order chi connectivity index (χ1) is 8.31. The number of thioether (sulfide) groups is 1. The number of carbonyl (C=O) groups excluding carboxylic acids is 1. The van der Waals surface area contributed by atoms with E-state index in [4.69, 9.17) is 10.5 Å². The highest BCUT2D eigenvalue weighted by atomic mass is 32.2. The lowest BCUT2D eigenvalue weighted by atomic mass is 10.1. The summed E-state index contributed by atoms with van der Waals surface area (Å²) < 4.78 is 5.92. The van der Waals surface area contributed by atoms with E-state index in [1.54, 1.807) is 6.07 Å². The summed E-state index contributed by atoms with van der Waals surface area (Å²) in [6, 6.07) is 7.36. The molecule has 0 atom stereocenters. The van der Waals surface area contributed by atoms with Crippen molar-refractivity contribution < 1.29 is 9.53 Å². The summed E-state index contributed by atoms with van der Waals surface area (Å²) in [5.74, 6) is 2.89.